The molecule has 1 fully saturated rings. The van der Waals surface area contributed by atoms with Gasteiger partial charge in [0.1, 0.15) is 5.72 Å². The van der Waals surface area contributed by atoms with Crippen molar-refractivity contribution in [3.05, 3.63) is 71.8 Å². The van der Waals surface area contributed by atoms with E-state index in [1.54, 1.807) is 0 Å². The second kappa shape index (κ2) is 8.68. The van der Waals surface area contributed by atoms with Crippen LogP contribution in [0.15, 0.2) is 60.7 Å². The van der Waals surface area contributed by atoms with Gasteiger partial charge in [0.2, 0.25) is 0 Å². The molecule has 1 heterocycles. The third-order valence-corrected chi connectivity index (χ3v) is 5.07. The van der Waals surface area contributed by atoms with Crippen LogP contribution in [0.5, 0.6) is 0 Å². The Labute approximate surface area is 162 Å². The topological polar surface area (TPSA) is 38.8 Å². The molecule has 4 nitrogen and oxygen atoms in total. The highest BCUT2D eigenvalue weighted by Crippen LogP contribution is 2.34. The maximum atomic E-state index is 13.1. The van der Waals surface area contributed by atoms with E-state index in [2.05, 4.69) is 19.1 Å². The summed E-state index contributed by atoms with van der Waals surface area (Å²) < 4.78 is 12.0. The summed E-state index contributed by atoms with van der Waals surface area (Å²) >= 11 is 0. The predicted octanol–water partition coefficient (Wildman–Crippen LogP) is 4.51. The van der Waals surface area contributed by atoms with Crippen LogP contribution < -0.4 is 0 Å². The van der Waals surface area contributed by atoms with Gasteiger partial charge in [-0.3, -0.25) is 4.79 Å². The summed E-state index contributed by atoms with van der Waals surface area (Å²) in [6.45, 7) is 8.01. The second-order valence-electron chi connectivity index (χ2n) is 7.69. The van der Waals surface area contributed by atoms with Crippen molar-refractivity contribution >= 4 is 5.91 Å². The Morgan fingerprint density at radius 3 is 2.48 bits per heavy atom. The van der Waals surface area contributed by atoms with Crippen molar-refractivity contribution in [1.82, 2.24) is 4.90 Å². The maximum absolute atomic E-state index is 13.1. The summed E-state index contributed by atoms with van der Waals surface area (Å²) in [6, 6.07) is 19.7. The minimum atomic E-state index is -0.609. The van der Waals surface area contributed by atoms with Gasteiger partial charge < -0.3 is 14.4 Å². The number of carbonyl (C=O) groups is 1. The molecular weight excluding hydrogens is 338 g/mol. The first kappa shape index (κ1) is 19.6. The molecule has 0 radical (unpaired) electrons. The molecule has 3 atom stereocenters. The van der Waals surface area contributed by atoms with Crippen LogP contribution in [0.2, 0.25) is 0 Å². The first-order chi connectivity index (χ1) is 13.0. The Bertz CT molecular complexity index is 734. The standard InChI is InChI=1S/C23H29NO3/c1-18(15-26-17-20-10-6-4-7-11-20)14-23(3)24(19(2)16-27-23)22(25)21-12-8-5-9-13-21/h4-13,18-19H,14-17H2,1-3H3/t18-,19-,23-/m1/s1. The van der Waals surface area contributed by atoms with Crippen LogP contribution in [0.25, 0.3) is 0 Å². The average molecular weight is 367 g/mol. The normalized spacial score (nSPS) is 23.4. The predicted molar refractivity (Wildman–Crippen MR) is 106 cm³/mol. The molecule has 27 heavy (non-hydrogen) atoms. The number of hydrogen-bond acceptors (Lipinski definition) is 3. The van der Waals surface area contributed by atoms with Gasteiger partial charge in [0, 0.05) is 12.2 Å². The molecule has 2 aromatic rings. The van der Waals surface area contributed by atoms with Gasteiger partial charge in [-0.05, 0) is 43.9 Å². The highest BCUT2D eigenvalue weighted by atomic mass is 16.5. The van der Waals surface area contributed by atoms with Crippen LogP contribution in [0, 0.1) is 5.92 Å². The van der Waals surface area contributed by atoms with Crippen LogP contribution in [0.3, 0.4) is 0 Å². The highest BCUT2D eigenvalue weighted by Gasteiger charge is 2.45. The monoisotopic (exact) mass is 367 g/mol. The van der Waals surface area contributed by atoms with Crippen molar-refractivity contribution in [3.8, 4) is 0 Å². The van der Waals surface area contributed by atoms with Crippen molar-refractivity contribution in [3.63, 3.8) is 0 Å². The fraction of sp³-hybridized carbons (Fsp3) is 0.435. The van der Waals surface area contributed by atoms with E-state index in [1.165, 1.54) is 5.56 Å². The summed E-state index contributed by atoms with van der Waals surface area (Å²) in [5.41, 5.74) is 1.26. The smallest absolute Gasteiger partial charge is 0.256 e. The Balaban J connectivity index is 1.60. The Morgan fingerprint density at radius 2 is 1.81 bits per heavy atom. The Hall–Kier alpha value is -2.17. The van der Waals surface area contributed by atoms with Crippen LogP contribution in [-0.2, 0) is 16.1 Å². The summed E-state index contributed by atoms with van der Waals surface area (Å²) in [4.78, 5) is 15.0. The van der Waals surface area contributed by atoms with Crippen LogP contribution >= 0.6 is 0 Å². The molecule has 0 N–H and O–H groups in total. The molecular formula is C23H29NO3. The number of benzene rings is 2. The van der Waals surface area contributed by atoms with E-state index in [0.29, 0.717) is 25.4 Å². The molecule has 3 rings (SSSR count). The molecule has 144 valence electrons. The lowest BCUT2D eigenvalue weighted by molar-refractivity contribution is -0.0766. The van der Waals surface area contributed by atoms with E-state index in [9.17, 15) is 4.79 Å². The van der Waals surface area contributed by atoms with Gasteiger partial charge in [0.05, 0.1) is 19.3 Å². The number of nitrogens with zero attached hydrogens (tertiary/aromatic N) is 1. The minimum absolute atomic E-state index is 0.0282. The van der Waals surface area contributed by atoms with Crippen molar-refractivity contribution < 1.29 is 14.3 Å². The van der Waals surface area contributed by atoms with Crippen LogP contribution in [0.4, 0.5) is 0 Å². The lowest BCUT2D eigenvalue weighted by Crippen LogP contribution is -2.50. The Morgan fingerprint density at radius 1 is 1.19 bits per heavy atom. The van der Waals surface area contributed by atoms with Gasteiger partial charge in [0.25, 0.3) is 5.91 Å². The second-order valence-corrected chi connectivity index (χ2v) is 7.69. The van der Waals surface area contributed by atoms with E-state index >= 15 is 0 Å². The van der Waals surface area contributed by atoms with Gasteiger partial charge in [-0.1, -0.05) is 55.5 Å². The van der Waals surface area contributed by atoms with Crippen molar-refractivity contribution in [2.75, 3.05) is 13.2 Å². The molecule has 0 aliphatic carbocycles. The number of rotatable bonds is 7. The van der Waals surface area contributed by atoms with Crippen LogP contribution in [0.1, 0.15) is 43.1 Å². The highest BCUT2D eigenvalue weighted by molar-refractivity contribution is 5.95. The number of hydrogen-bond donors (Lipinski definition) is 0. The van der Waals surface area contributed by atoms with Gasteiger partial charge >= 0.3 is 0 Å². The van der Waals surface area contributed by atoms with E-state index in [0.717, 1.165) is 6.42 Å². The molecule has 1 amide bonds. The molecule has 1 aliphatic heterocycles. The van der Waals surface area contributed by atoms with E-state index < -0.39 is 5.72 Å². The SMILES string of the molecule is C[C@@H](COCc1ccccc1)C[C@@]1(C)OC[C@@H](C)N1C(=O)c1ccccc1. The third kappa shape index (κ3) is 4.76. The number of carbonyl (C=O) groups excluding carboxylic acids is 1. The first-order valence-electron chi connectivity index (χ1n) is 9.64. The molecule has 0 unspecified atom stereocenters. The summed E-state index contributed by atoms with van der Waals surface area (Å²) in [5, 5.41) is 0. The minimum Gasteiger partial charge on any atom is -0.376 e. The first-order valence-corrected chi connectivity index (χ1v) is 9.64. The quantitative estimate of drug-likeness (QED) is 0.723. The molecule has 0 aromatic heterocycles. The van der Waals surface area contributed by atoms with Crippen LogP contribution in [-0.4, -0.2) is 35.8 Å². The number of amides is 1. The zero-order valence-electron chi connectivity index (χ0n) is 16.4. The fourth-order valence-corrected chi connectivity index (χ4v) is 3.86. The van der Waals surface area contributed by atoms with E-state index in [-0.39, 0.29) is 17.9 Å². The molecule has 1 saturated heterocycles. The van der Waals surface area contributed by atoms with Crippen molar-refractivity contribution in [2.45, 2.75) is 45.6 Å². The number of ether oxygens (including phenoxy) is 2. The summed E-state index contributed by atoms with van der Waals surface area (Å²) in [5.74, 6) is 0.301. The average Bonchev–Trinajstić information content (AvgIpc) is 2.97. The van der Waals surface area contributed by atoms with Gasteiger partial charge in [-0.25, -0.2) is 0 Å². The summed E-state index contributed by atoms with van der Waals surface area (Å²) in [6.07, 6.45) is 0.741. The molecule has 0 spiro atoms. The molecule has 0 bridgehead atoms. The van der Waals surface area contributed by atoms with Gasteiger partial charge in [0.15, 0.2) is 0 Å². The lowest BCUT2D eigenvalue weighted by atomic mass is 9.98. The zero-order valence-corrected chi connectivity index (χ0v) is 16.4. The van der Waals surface area contributed by atoms with E-state index in [1.807, 2.05) is 67.3 Å². The third-order valence-electron chi connectivity index (χ3n) is 5.07. The largest absolute Gasteiger partial charge is 0.376 e. The van der Waals surface area contributed by atoms with Gasteiger partial charge in [-0.15, -0.1) is 0 Å². The fourth-order valence-electron chi connectivity index (χ4n) is 3.86. The maximum Gasteiger partial charge on any atom is 0.256 e. The van der Waals surface area contributed by atoms with Crippen molar-refractivity contribution in [2.24, 2.45) is 5.92 Å². The lowest BCUT2D eigenvalue weighted by Gasteiger charge is -2.37. The molecule has 1 aliphatic rings. The van der Waals surface area contributed by atoms with Crippen molar-refractivity contribution in [1.29, 1.82) is 0 Å². The summed E-state index contributed by atoms with van der Waals surface area (Å²) in [7, 11) is 0. The molecule has 0 saturated carbocycles. The molecule has 4 heteroatoms. The molecule has 2 aromatic carbocycles. The van der Waals surface area contributed by atoms with Gasteiger partial charge in [-0.2, -0.15) is 0 Å². The Kier molecular flexibility index (Phi) is 6.30. The zero-order chi connectivity index (χ0) is 19.3. The van der Waals surface area contributed by atoms with E-state index in [4.69, 9.17) is 9.47 Å².